The fraction of sp³-hybridized carbons (Fsp3) is 0.222. The van der Waals surface area contributed by atoms with Gasteiger partial charge in [-0.15, -0.1) is 0 Å². The van der Waals surface area contributed by atoms with Crippen LogP contribution >= 0.6 is 0 Å². The van der Waals surface area contributed by atoms with E-state index in [1.165, 1.54) is 28.1 Å². The van der Waals surface area contributed by atoms with Gasteiger partial charge in [-0.05, 0) is 26.0 Å². The Morgan fingerprint density at radius 2 is 0.958 bits per heavy atom. The molecule has 0 unspecified atom stereocenters. The molecule has 0 saturated carbocycles. The number of rotatable bonds is 13. The molecule has 12 heteroatoms. The zero-order chi connectivity index (χ0) is 34.8. The first kappa shape index (κ1) is 34.8. The first-order chi connectivity index (χ1) is 23.0. The number of methoxy groups -OCH3 is 2. The van der Waals surface area contributed by atoms with E-state index in [0.717, 1.165) is 0 Å². The van der Waals surface area contributed by atoms with Gasteiger partial charge in [0.2, 0.25) is 0 Å². The molecule has 0 atom stereocenters. The van der Waals surface area contributed by atoms with E-state index in [1.807, 2.05) is 24.3 Å². The summed E-state index contributed by atoms with van der Waals surface area (Å²) in [5.41, 5.74) is 1.15. The Hall–Kier alpha value is -6.04. The summed E-state index contributed by atoms with van der Waals surface area (Å²) < 4.78 is 33.4. The van der Waals surface area contributed by atoms with Gasteiger partial charge in [-0.3, -0.25) is 0 Å². The lowest BCUT2D eigenvalue weighted by Gasteiger charge is -2.20. The van der Waals surface area contributed by atoms with Gasteiger partial charge in [-0.1, -0.05) is 61.7 Å². The quantitative estimate of drug-likeness (QED) is 0.0984. The van der Waals surface area contributed by atoms with Crippen molar-refractivity contribution in [2.24, 2.45) is 0 Å². The van der Waals surface area contributed by atoms with Crippen molar-refractivity contribution in [3.05, 3.63) is 85.0 Å². The maximum Gasteiger partial charge on any atom is 0.412 e. The van der Waals surface area contributed by atoms with Crippen LogP contribution in [0.15, 0.2) is 85.0 Å². The Morgan fingerprint density at radius 3 is 1.29 bits per heavy atom. The summed E-state index contributed by atoms with van der Waals surface area (Å²) in [4.78, 5) is 49.7. The van der Waals surface area contributed by atoms with Crippen molar-refractivity contribution in [1.29, 1.82) is 0 Å². The second-order valence-corrected chi connectivity index (χ2v) is 10.5. The minimum Gasteiger partial charge on any atom is -0.496 e. The molecule has 250 valence electrons. The number of fused-ring (bicyclic) bond motifs is 2. The highest BCUT2D eigenvalue weighted by atomic mass is 16.6. The Morgan fingerprint density at radius 1 is 0.604 bits per heavy atom. The van der Waals surface area contributed by atoms with E-state index in [1.54, 1.807) is 36.4 Å². The third-order valence-corrected chi connectivity index (χ3v) is 6.94. The third-order valence-electron chi connectivity index (χ3n) is 6.94. The lowest BCUT2D eigenvalue weighted by Crippen LogP contribution is -2.31. The summed E-state index contributed by atoms with van der Waals surface area (Å²) in [6.45, 7) is 9.85. The van der Waals surface area contributed by atoms with E-state index in [9.17, 15) is 19.2 Å². The molecular weight excluding hydrogens is 620 g/mol. The lowest BCUT2D eigenvalue weighted by atomic mass is 9.95. The van der Waals surface area contributed by atoms with Crippen LogP contribution in [0.4, 0.5) is 9.59 Å². The molecule has 2 N–H and O–H groups in total. The van der Waals surface area contributed by atoms with Crippen LogP contribution < -0.4 is 29.6 Å². The van der Waals surface area contributed by atoms with Crippen molar-refractivity contribution in [1.82, 2.24) is 10.6 Å². The molecule has 0 bridgehead atoms. The number of nitrogens with one attached hydrogen (secondary N) is 2. The van der Waals surface area contributed by atoms with Gasteiger partial charge in [-0.25, -0.2) is 19.2 Å². The van der Waals surface area contributed by atoms with Crippen LogP contribution in [0, 0.1) is 0 Å². The molecule has 0 aliphatic rings. The van der Waals surface area contributed by atoms with Crippen molar-refractivity contribution in [3.63, 3.8) is 0 Å². The van der Waals surface area contributed by atoms with Gasteiger partial charge >= 0.3 is 24.1 Å². The van der Waals surface area contributed by atoms with Crippen molar-refractivity contribution < 1.29 is 47.6 Å². The average molecular weight is 657 g/mol. The maximum absolute atomic E-state index is 13.1. The first-order valence-electron chi connectivity index (χ1n) is 14.8. The van der Waals surface area contributed by atoms with Gasteiger partial charge in [0.1, 0.15) is 36.2 Å². The molecule has 4 aromatic carbocycles. The molecule has 0 aromatic heterocycles. The SMILES string of the molecule is C=C(C)C(=O)OCCNC(=O)Oc1c(-c2cc(OC)c3ccccc3c2OC(=O)NCCOC(=O)C(=C)C)cc(OC)c2ccccc12. The second kappa shape index (κ2) is 16.0. The minimum absolute atomic E-state index is 0.0265. The van der Waals surface area contributed by atoms with Crippen LogP contribution in [0.25, 0.3) is 32.7 Å². The molecular formula is C36H36N2O10. The van der Waals surface area contributed by atoms with E-state index >= 15 is 0 Å². The van der Waals surface area contributed by atoms with Crippen LogP contribution in [0.2, 0.25) is 0 Å². The molecule has 12 nitrogen and oxygen atoms in total. The van der Waals surface area contributed by atoms with Gasteiger partial charge < -0.3 is 39.1 Å². The normalized spacial score (nSPS) is 10.5. The number of carbonyl (C=O) groups excluding carboxylic acids is 4. The molecule has 0 radical (unpaired) electrons. The van der Waals surface area contributed by atoms with Crippen LogP contribution in [0.3, 0.4) is 0 Å². The number of hydrogen-bond acceptors (Lipinski definition) is 10. The van der Waals surface area contributed by atoms with Crippen molar-refractivity contribution in [2.75, 3.05) is 40.5 Å². The summed E-state index contributed by atoms with van der Waals surface area (Å²) in [5, 5.41) is 7.51. The summed E-state index contributed by atoms with van der Waals surface area (Å²) in [6, 6.07) is 17.7. The summed E-state index contributed by atoms with van der Waals surface area (Å²) in [7, 11) is 3.02. The molecule has 2 amide bonds. The minimum atomic E-state index is -0.824. The zero-order valence-corrected chi connectivity index (χ0v) is 27.1. The highest BCUT2D eigenvalue weighted by Gasteiger charge is 2.25. The second-order valence-electron chi connectivity index (χ2n) is 10.5. The number of carbonyl (C=O) groups is 4. The standard InChI is InChI=1S/C36H36N2O10/c1-21(2)33(39)45-17-15-37-35(41)47-31-25-13-9-7-11-23(25)29(43-5)19-27(31)28-20-30(44-6)24-12-8-10-14-26(24)32(28)48-36(42)38-16-18-46-34(40)22(3)4/h7-14,19-20H,1,3,15-18H2,2,4-6H3,(H,37,41)(H,38,42). The molecule has 0 saturated heterocycles. The van der Waals surface area contributed by atoms with Gasteiger partial charge in [0.25, 0.3) is 0 Å². The van der Waals surface area contributed by atoms with Gasteiger partial charge in [0.05, 0.1) is 27.3 Å². The first-order valence-corrected chi connectivity index (χ1v) is 14.8. The fourth-order valence-electron chi connectivity index (χ4n) is 4.69. The highest BCUT2D eigenvalue weighted by molar-refractivity contribution is 6.06. The molecule has 0 spiro atoms. The maximum atomic E-state index is 13.1. The number of amides is 2. The topological polar surface area (TPSA) is 148 Å². The monoisotopic (exact) mass is 656 g/mol. The molecule has 48 heavy (non-hydrogen) atoms. The van der Waals surface area contributed by atoms with Gasteiger partial charge in [0.15, 0.2) is 0 Å². The molecule has 0 fully saturated rings. The molecule has 0 aliphatic heterocycles. The van der Waals surface area contributed by atoms with E-state index in [4.69, 9.17) is 28.4 Å². The van der Waals surface area contributed by atoms with Crippen LogP contribution in [-0.2, 0) is 19.1 Å². The van der Waals surface area contributed by atoms with Crippen molar-refractivity contribution in [2.45, 2.75) is 13.8 Å². The molecule has 4 aromatic rings. The summed E-state index contributed by atoms with van der Waals surface area (Å²) in [5.74, 6) is 0.0321. The average Bonchev–Trinajstić information content (AvgIpc) is 3.08. The zero-order valence-electron chi connectivity index (χ0n) is 27.1. The fourth-order valence-corrected chi connectivity index (χ4v) is 4.69. The Balaban J connectivity index is 1.78. The summed E-state index contributed by atoms with van der Waals surface area (Å²) >= 11 is 0. The number of benzene rings is 4. The third kappa shape index (κ3) is 8.21. The van der Waals surface area contributed by atoms with Gasteiger partial charge in [0, 0.05) is 43.8 Å². The van der Waals surface area contributed by atoms with Crippen LogP contribution in [-0.4, -0.2) is 64.6 Å². The number of ether oxygens (including phenoxy) is 6. The van der Waals surface area contributed by atoms with E-state index < -0.39 is 24.1 Å². The van der Waals surface area contributed by atoms with Gasteiger partial charge in [-0.2, -0.15) is 0 Å². The van der Waals surface area contributed by atoms with E-state index in [0.29, 0.717) is 44.2 Å². The van der Waals surface area contributed by atoms with E-state index in [-0.39, 0.29) is 48.9 Å². The summed E-state index contributed by atoms with van der Waals surface area (Å²) in [6.07, 6.45) is -1.65. The van der Waals surface area contributed by atoms with Crippen molar-refractivity contribution >= 4 is 45.7 Å². The predicted octanol–water partition coefficient (Wildman–Crippen LogP) is 6.09. The molecule has 4 rings (SSSR count). The Kier molecular flexibility index (Phi) is 11.6. The number of hydrogen-bond donors (Lipinski definition) is 2. The lowest BCUT2D eigenvalue weighted by molar-refractivity contribution is -0.139. The van der Waals surface area contributed by atoms with Crippen LogP contribution in [0.1, 0.15) is 13.8 Å². The molecule has 0 aliphatic carbocycles. The van der Waals surface area contributed by atoms with E-state index in [2.05, 4.69) is 23.8 Å². The van der Waals surface area contributed by atoms with Crippen molar-refractivity contribution in [3.8, 4) is 34.1 Å². The Labute approximate surface area is 277 Å². The Bertz CT molecular complexity index is 1760. The largest absolute Gasteiger partial charge is 0.496 e. The predicted molar refractivity (Wildman–Crippen MR) is 180 cm³/mol. The smallest absolute Gasteiger partial charge is 0.412 e. The molecule has 0 heterocycles. The number of esters is 2. The van der Waals surface area contributed by atoms with Crippen LogP contribution in [0.5, 0.6) is 23.0 Å². The highest BCUT2D eigenvalue weighted by Crippen LogP contribution is 2.49.